The lowest BCUT2D eigenvalue weighted by Crippen LogP contribution is -2.41. The van der Waals surface area contributed by atoms with Gasteiger partial charge < -0.3 is 20.3 Å². The molecule has 1 saturated heterocycles. The lowest BCUT2D eigenvalue weighted by molar-refractivity contribution is 0.0532. The second kappa shape index (κ2) is 8.90. The van der Waals surface area contributed by atoms with E-state index >= 15 is 0 Å². The van der Waals surface area contributed by atoms with Crippen molar-refractivity contribution in [3.05, 3.63) is 35.9 Å². The zero-order valence-corrected chi connectivity index (χ0v) is 15.1. The van der Waals surface area contributed by atoms with E-state index in [4.69, 9.17) is 4.74 Å². The van der Waals surface area contributed by atoms with Crippen molar-refractivity contribution >= 4 is 17.4 Å². The topological polar surface area (TPSA) is 53.6 Å². The molecule has 2 N–H and O–H groups in total. The number of amides is 2. The van der Waals surface area contributed by atoms with Gasteiger partial charge in [0.1, 0.15) is 0 Å². The molecule has 2 aliphatic rings. The summed E-state index contributed by atoms with van der Waals surface area (Å²) in [6.45, 7) is 5.37. The van der Waals surface area contributed by atoms with Crippen molar-refractivity contribution in [1.82, 2.24) is 5.32 Å². The van der Waals surface area contributed by atoms with Crippen LogP contribution in [0.3, 0.4) is 0 Å². The van der Waals surface area contributed by atoms with Gasteiger partial charge in [-0.2, -0.15) is 0 Å². The first-order chi connectivity index (χ1) is 12.2. The minimum absolute atomic E-state index is 0.135. The number of anilines is 2. The van der Waals surface area contributed by atoms with Crippen LogP contribution < -0.4 is 15.5 Å². The molecule has 136 valence electrons. The summed E-state index contributed by atoms with van der Waals surface area (Å²) in [6.07, 6.45) is 8.51. The molecule has 1 aromatic rings. The SMILES string of the molecule is CC1CN(c2ccc(NC(=O)NCCC3=CCCCC3)cc2)CCO1. The highest BCUT2D eigenvalue weighted by Gasteiger charge is 2.16. The fraction of sp³-hybridized carbons (Fsp3) is 0.550. The highest BCUT2D eigenvalue weighted by atomic mass is 16.5. The smallest absolute Gasteiger partial charge is 0.319 e. The Morgan fingerprint density at radius 2 is 2.12 bits per heavy atom. The summed E-state index contributed by atoms with van der Waals surface area (Å²) in [5, 5.41) is 5.85. The van der Waals surface area contributed by atoms with Crippen LogP contribution in [0.15, 0.2) is 35.9 Å². The molecule has 0 aromatic heterocycles. The van der Waals surface area contributed by atoms with Crippen LogP contribution in [-0.2, 0) is 4.74 Å². The Balaban J connectivity index is 1.42. The first-order valence-corrected chi connectivity index (χ1v) is 9.40. The van der Waals surface area contributed by atoms with Crippen LogP contribution in [0.2, 0.25) is 0 Å². The molecule has 0 bridgehead atoms. The van der Waals surface area contributed by atoms with Crippen molar-refractivity contribution in [2.24, 2.45) is 0 Å². The number of carbonyl (C=O) groups excluding carboxylic acids is 1. The quantitative estimate of drug-likeness (QED) is 0.797. The number of nitrogens with zero attached hydrogens (tertiary/aromatic N) is 1. The first-order valence-electron chi connectivity index (χ1n) is 9.40. The highest BCUT2D eigenvalue weighted by molar-refractivity contribution is 5.89. The average Bonchev–Trinajstić information content (AvgIpc) is 2.63. The number of benzene rings is 1. The van der Waals surface area contributed by atoms with Gasteiger partial charge in [-0.25, -0.2) is 4.79 Å². The van der Waals surface area contributed by atoms with Gasteiger partial charge >= 0.3 is 6.03 Å². The fourth-order valence-electron chi connectivity index (χ4n) is 3.45. The summed E-state index contributed by atoms with van der Waals surface area (Å²) >= 11 is 0. The Morgan fingerprint density at radius 3 is 2.84 bits per heavy atom. The Hall–Kier alpha value is -2.01. The minimum Gasteiger partial charge on any atom is -0.375 e. The number of urea groups is 1. The summed E-state index contributed by atoms with van der Waals surface area (Å²) in [4.78, 5) is 14.3. The normalized spacial score (nSPS) is 20.8. The summed E-state index contributed by atoms with van der Waals surface area (Å²) in [7, 11) is 0. The molecule has 0 radical (unpaired) electrons. The van der Waals surface area contributed by atoms with Crippen molar-refractivity contribution in [2.75, 3.05) is 36.5 Å². The van der Waals surface area contributed by atoms with Gasteiger partial charge in [-0.3, -0.25) is 0 Å². The van der Waals surface area contributed by atoms with E-state index in [1.807, 2.05) is 12.1 Å². The zero-order valence-electron chi connectivity index (χ0n) is 15.1. The number of rotatable bonds is 5. The number of allylic oxidation sites excluding steroid dienone is 1. The molecule has 3 rings (SSSR count). The van der Waals surface area contributed by atoms with Gasteiger partial charge in [-0.1, -0.05) is 11.6 Å². The largest absolute Gasteiger partial charge is 0.375 e. The molecule has 1 aromatic carbocycles. The van der Waals surface area contributed by atoms with Crippen LogP contribution in [0, 0.1) is 0 Å². The lowest BCUT2D eigenvalue weighted by Gasteiger charge is -2.33. The van der Waals surface area contributed by atoms with E-state index in [1.165, 1.54) is 36.9 Å². The van der Waals surface area contributed by atoms with Gasteiger partial charge in [-0.15, -0.1) is 0 Å². The van der Waals surface area contributed by atoms with Crippen LogP contribution >= 0.6 is 0 Å². The van der Waals surface area contributed by atoms with E-state index in [0.29, 0.717) is 6.54 Å². The minimum atomic E-state index is -0.135. The summed E-state index contributed by atoms with van der Waals surface area (Å²) in [5.74, 6) is 0. The summed E-state index contributed by atoms with van der Waals surface area (Å²) in [6, 6.07) is 7.89. The first kappa shape index (κ1) is 17.8. The highest BCUT2D eigenvalue weighted by Crippen LogP contribution is 2.21. The molecule has 1 fully saturated rings. The van der Waals surface area contributed by atoms with Crippen LogP contribution in [-0.4, -0.2) is 38.4 Å². The van der Waals surface area contributed by atoms with E-state index in [0.717, 1.165) is 31.8 Å². The van der Waals surface area contributed by atoms with Crippen LogP contribution in [0.25, 0.3) is 0 Å². The predicted octanol–water partition coefficient (Wildman–Crippen LogP) is 3.92. The second-order valence-electron chi connectivity index (χ2n) is 6.91. The van der Waals surface area contributed by atoms with Crippen LogP contribution in [0.5, 0.6) is 0 Å². The monoisotopic (exact) mass is 343 g/mol. The molecule has 5 heteroatoms. The van der Waals surface area contributed by atoms with Gasteiger partial charge in [0, 0.05) is 31.0 Å². The molecule has 1 aliphatic heterocycles. The summed E-state index contributed by atoms with van der Waals surface area (Å²) in [5.41, 5.74) is 3.47. The molecular formula is C20H29N3O2. The molecule has 1 heterocycles. The maximum absolute atomic E-state index is 12.0. The number of carbonyl (C=O) groups is 1. The van der Waals surface area contributed by atoms with E-state index in [9.17, 15) is 4.79 Å². The van der Waals surface area contributed by atoms with Crippen molar-refractivity contribution in [1.29, 1.82) is 0 Å². The Kier molecular flexibility index (Phi) is 6.34. The third kappa shape index (κ3) is 5.49. The van der Waals surface area contributed by atoms with E-state index in [2.05, 4.69) is 40.7 Å². The predicted molar refractivity (Wildman–Crippen MR) is 102 cm³/mol. The molecule has 0 spiro atoms. The van der Waals surface area contributed by atoms with Gasteiger partial charge in [0.25, 0.3) is 0 Å². The molecule has 1 atom stereocenters. The number of morpholine rings is 1. The third-order valence-electron chi connectivity index (χ3n) is 4.85. The Bertz CT molecular complexity index is 597. The fourth-order valence-corrected chi connectivity index (χ4v) is 3.45. The second-order valence-corrected chi connectivity index (χ2v) is 6.91. The number of ether oxygens (including phenoxy) is 1. The average molecular weight is 343 g/mol. The maximum Gasteiger partial charge on any atom is 0.319 e. The zero-order chi connectivity index (χ0) is 17.5. The Labute approximate surface area is 150 Å². The van der Waals surface area contributed by atoms with Crippen molar-refractivity contribution in [3.63, 3.8) is 0 Å². The standard InChI is InChI=1S/C20H29N3O2/c1-16-15-23(13-14-25-16)19-9-7-18(8-10-19)22-20(24)21-12-11-17-5-3-2-4-6-17/h5,7-10,16H,2-4,6,11-15H2,1H3,(H2,21,22,24). The van der Waals surface area contributed by atoms with Crippen LogP contribution in [0.4, 0.5) is 16.2 Å². The van der Waals surface area contributed by atoms with Crippen molar-refractivity contribution in [2.45, 2.75) is 45.1 Å². The molecule has 5 nitrogen and oxygen atoms in total. The number of hydrogen-bond donors (Lipinski definition) is 2. The maximum atomic E-state index is 12.0. The van der Waals surface area contributed by atoms with E-state index in [1.54, 1.807) is 0 Å². The lowest BCUT2D eigenvalue weighted by atomic mass is 9.97. The molecule has 1 unspecified atom stereocenters. The molecule has 1 aliphatic carbocycles. The summed E-state index contributed by atoms with van der Waals surface area (Å²) < 4.78 is 5.58. The van der Waals surface area contributed by atoms with Crippen LogP contribution in [0.1, 0.15) is 39.0 Å². The molecular weight excluding hydrogens is 314 g/mol. The number of hydrogen-bond acceptors (Lipinski definition) is 3. The molecule has 0 saturated carbocycles. The number of nitrogens with one attached hydrogen (secondary N) is 2. The van der Waals surface area contributed by atoms with Gasteiger partial charge in [0.15, 0.2) is 0 Å². The Morgan fingerprint density at radius 1 is 1.28 bits per heavy atom. The third-order valence-corrected chi connectivity index (χ3v) is 4.85. The van der Waals surface area contributed by atoms with Crippen molar-refractivity contribution in [3.8, 4) is 0 Å². The molecule has 2 amide bonds. The van der Waals surface area contributed by atoms with Gasteiger partial charge in [0.2, 0.25) is 0 Å². The molecule has 25 heavy (non-hydrogen) atoms. The van der Waals surface area contributed by atoms with E-state index in [-0.39, 0.29) is 12.1 Å². The van der Waals surface area contributed by atoms with Gasteiger partial charge in [0.05, 0.1) is 12.7 Å². The van der Waals surface area contributed by atoms with Crippen molar-refractivity contribution < 1.29 is 9.53 Å². The van der Waals surface area contributed by atoms with Gasteiger partial charge in [-0.05, 0) is 63.3 Å². The van der Waals surface area contributed by atoms with E-state index < -0.39 is 0 Å².